The molecule has 1 fully saturated rings. The Morgan fingerprint density at radius 2 is 2.19 bits per heavy atom. The molecule has 0 saturated carbocycles. The number of morpholine rings is 1. The third kappa shape index (κ3) is 2.95. The van der Waals surface area contributed by atoms with Gasteiger partial charge in [0, 0.05) is 6.54 Å². The van der Waals surface area contributed by atoms with E-state index in [4.69, 9.17) is 10.5 Å². The molecule has 0 aromatic heterocycles. The van der Waals surface area contributed by atoms with E-state index in [1.807, 2.05) is 25.7 Å². The molecule has 0 aromatic rings. The van der Waals surface area contributed by atoms with Crippen LogP contribution < -0.4 is 5.73 Å². The summed E-state index contributed by atoms with van der Waals surface area (Å²) in [7, 11) is 0. The van der Waals surface area contributed by atoms with Crippen LogP contribution in [0.4, 0.5) is 0 Å². The molecule has 94 valence electrons. The summed E-state index contributed by atoms with van der Waals surface area (Å²) in [6.45, 7) is 9.32. The average Bonchev–Trinajstić information content (AvgIpc) is 2.26. The van der Waals surface area contributed by atoms with Gasteiger partial charge < -0.3 is 15.4 Å². The normalized spacial score (nSPS) is 28.2. The zero-order valence-corrected chi connectivity index (χ0v) is 10.8. The number of carbonyl (C=O) groups excluding carboxylic acids is 1. The highest BCUT2D eigenvalue weighted by molar-refractivity contribution is 5.82. The molecule has 0 aromatic carbocycles. The number of amides is 1. The lowest BCUT2D eigenvalue weighted by Gasteiger charge is -2.40. The highest BCUT2D eigenvalue weighted by Crippen LogP contribution is 2.16. The molecule has 4 nitrogen and oxygen atoms in total. The summed E-state index contributed by atoms with van der Waals surface area (Å²) in [5, 5.41) is 0. The van der Waals surface area contributed by atoms with Crippen molar-refractivity contribution in [2.75, 3.05) is 13.2 Å². The van der Waals surface area contributed by atoms with Gasteiger partial charge in [0.15, 0.2) is 0 Å². The van der Waals surface area contributed by atoms with Gasteiger partial charge in [-0.3, -0.25) is 4.79 Å². The third-order valence-electron chi connectivity index (χ3n) is 3.23. The van der Waals surface area contributed by atoms with Crippen molar-refractivity contribution >= 4 is 5.91 Å². The largest absolute Gasteiger partial charge is 0.375 e. The highest BCUT2D eigenvalue weighted by Gasteiger charge is 2.32. The van der Waals surface area contributed by atoms with E-state index in [0.717, 1.165) is 6.42 Å². The lowest BCUT2D eigenvalue weighted by Crippen LogP contribution is -2.56. The van der Waals surface area contributed by atoms with Crippen molar-refractivity contribution < 1.29 is 9.53 Å². The topological polar surface area (TPSA) is 55.6 Å². The highest BCUT2D eigenvalue weighted by atomic mass is 16.5. The smallest absolute Gasteiger partial charge is 0.240 e. The van der Waals surface area contributed by atoms with E-state index in [1.54, 1.807) is 0 Å². The molecule has 1 aliphatic heterocycles. The van der Waals surface area contributed by atoms with E-state index >= 15 is 0 Å². The minimum atomic E-state index is -0.389. The summed E-state index contributed by atoms with van der Waals surface area (Å²) in [5.41, 5.74) is 5.92. The maximum atomic E-state index is 12.2. The zero-order valence-electron chi connectivity index (χ0n) is 10.8. The lowest BCUT2D eigenvalue weighted by molar-refractivity contribution is -0.146. The predicted molar refractivity (Wildman–Crippen MR) is 64.0 cm³/mol. The van der Waals surface area contributed by atoms with Crippen molar-refractivity contribution in [3.63, 3.8) is 0 Å². The molecule has 0 aliphatic carbocycles. The fourth-order valence-electron chi connectivity index (χ4n) is 1.93. The Hall–Kier alpha value is -0.610. The van der Waals surface area contributed by atoms with Crippen LogP contribution in [0.25, 0.3) is 0 Å². The standard InChI is InChI=1S/C12H24N2O2/c1-5-10-7-16-9(4)6-14(10)12(15)11(13)8(2)3/h8-11H,5-7,13H2,1-4H3/t9?,10?,11-/m1/s1. The van der Waals surface area contributed by atoms with Crippen LogP contribution in [-0.2, 0) is 9.53 Å². The second kappa shape index (κ2) is 5.64. The fraction of sp³-hybridized carbons (Fsp3) is 0.917. The van der Waals surface area contributed by atoms with Crippen LogP contribution in [0.1, 0.15) is 34.1 Å². The van der Waals surface area contributed by atoms with Crippen LogP contribution in [0, 0.1) is 5.92 Å². The molecular formula is C12H24N2O2. The minimum absolute atomic E-state index is 0.0667. The summed E-state index contributed by atoms with van der Waals surface area (Å²) < 4.78 is 5.57. The molecule has 1 amide bonds. The fourth-order valence-corrected chi connectivity index (χ4v) is 1.93. The summed E-state index contributed by atoms with van der Waals surface area (Å²) in [5.74, 6) is 0.250. The quantitative estimate of drug-likeness (QED) is 0.784. The number of rotatable bonds is 3. The van der Waals surface area contributed by atoms with Crippen molar-refractivity contribution in [2.24, 2.45) is 11.7 Å². The Labute approximate surface area is 98.1 Å². The summed E-state index contributed by atoms with van der Waals surface area (Å²) in [6.07, 6.45) is 1.04. The molecule has 2 N–H and O–H groups in total. The van der Waals surface area contributed by atoms with Crippen molar-refractivity contribution in [3.05, 3.63) is 0 Å². The van der Waals surface area contributed by atoms with E-state index in [2.05, 4.69) is 6.92 Å². The lowest BCUT2D eigenvalue weighted by atomic mass is 10.0. The molecule has 0 radical (unpaired) electrons. The molecule has 0 bridgehead atoms. The van der Waals surface area contributed by atoms with Gasteiger partial charge in [-0.15, -0.1) is 0 Å². The van der Waals surface area contributed by atoms with E-state index in [-0.39, 0.29) is 30.0 Å². The van der Waals surface area contributed by atoms with E-state index in [9.17, 15) is 4.79 Å². The summed E-state index contributed by atoms with van der Waals surface area (Å²) >= 11 is 0. The van der Waals surface area contributed by atoms with Gasteiger partial charge >= 0.3 is 0 Å². The second-order valence-corrected chi connectivity index (χ2v) is 4.97. The van der Waals surface area contributed by atoms with E-state index < -0.39 is 0 Å². The van der Waals surface area contributed by atoms with E-state index in [1.165, 1.54) is 0 Å². The predicted octanol–water partition coefficient (Wildman–Crippen LogP) is 0.996. The van der Waals surface area contributed by atoms with Crippen LogP contribution >= 0.6 is 0 Å². The third-order valence-corrected chi connectivity index (χ3v) is 3.23. The molecule has 1 heterocycles. The maximum Gasteiger partial charge on any atom is 0.240 e. The molecule has 1 saturated heterocycles. The van der Waals surface area contributed by atoms with Crippen LogP contribution in [-0.4, -0.2) is 42.1 Å². The van der Waals surface area contributed by atoms with Crippen molar-refractivity contribution in [1.82, 2.24) is 4.90 Å². The zero-order chi connectivity index (χ0) is 12.3. The Morgan fingerprint density at radius 1 is 1.56 bits per heavy atom. The number of carbonyl (C=O) groups is 1. The molecule has 0 spiro atoms. The summed E-state index contributed by atoms with van der Waals surface area (Å²) in [4.78, 5) is 14.1. The van der Waals surface area contributed by atoms with Crippen molar-refractivity contribution in [2.45, 2.75) is 52.3 Å². The first-order chi connectivity index (χ1) is 7.47. The number of nitrogens with two attached hydrogens (primary N) is 1. The van der Waals surface area contributed by atoms with Gasteiger partial charge in [-0.2, -0.15) is 0 Å². The molecular weight excluding hydrogens is 204 g/mol. The molecule has 3 atom stereocenters. The van der Waals surface area contributed by atoms with Gasteiger partial charge in [-0.05, 0) is 19.3 Å². The first-order valence-electron chi connectivity index (χ1n) is 6.15. The van der Waals surface area contributed by atoms with Crippen LogP contribution in [0.15, 0.2) is 0 Å². The number of ether oxygens (including phenoxy) is 1. The van der Waals surface area contributed by atoms with Crippen molar-refractivity contribution in [1.29, 1.82) is 0 Å². The first kappa shape index (κ1) is 13.5. The van der Waals surface area contributed by atoms with Gasteiger partial charge in [-0.25, -0.2) is 0 Å². The second-order valence-electron chi connectivity index (χ2n) is 4.97. The maximum absolute atomic E-state index is 12.2. The number of nitrogens with zero attached hydrogens (tertiary/aromatic N) is 1. The van der Waals surface area contributed by atoms with Gasteiger partial charge in [0.1, 0.15) is 0 Å². The number of hydrogen-bond acceptors (Lipinski definition) is 3. The van der Waals surface area contributed by atoms with Gasteiger partial charge in [0.25, 0.3) is 0 Å². The van der Waals surface area contributed by atoms with Crippen LogP contribution in [0.3, 0.4) is 0 Å². The van der Waals surface area contributed by atoms with Gasteiger partial charge in [0.2, 0.25) is 5.91 Å². The molecule has 2 unspecified atom stereocenters. The van der Waals surface area contributed by atoms with E-state index in [0.29, 0.717) is 13.2 Å². The monoisotopic (exact) mass is 228 g/mol. The SMILES string of the molecule is CCC1COC(C)CN1C(=O)[C@H](N)C(C)C. The molecule has 4 heteroatoms. The van der Waals surface area contributed by atoms with Crippen LogP contribution in [0.2, 0.25) is 0 Å². The molecule has 1 aliphatic rings. The van der Waals surface area contributed by atoms with Gasteiger partial charge in [0.05, 0.1) is 24.8 Å². The Bertz CT molecular complexity index is 243. The Morgan fingerprint density at radius 3 is 2.69 bits per heavy atom. The molecule has 1 rings (SSSR count). The van der Waals surface area contributed by atoms with Crippen LogP contribution in [0.5, 0.6) is 0 Å². The minimum Gasteiger partial charge on any atom is -0.375 e. The average molecular weight is 228 g/mol. The van der Waals surface area contributed by atoms with Gasteiger partial charge in [-0.1, -0.05) is 20.8 Å². The first-order valence-corrected chi connectivity index (χ1v) is 6.15. The Balaban J connectivity index is 2.70. The number of hydrogen-bond donors (Lipinski definition) is 1. The Kier molecular flexibility index (Phi) is 4.74. The van der Waals surface area contributed by atoms with Crippen molar-refractivity contribution in [3.8, 4) is 0 Å². The molecule has 16 heavy (non-hydrogen) atoms. The summed E-state index contributed by atoms with van der Waals surface area (Å²) in [6, 6.07) is -0.201.